The van der Waals surface area contributed by atoms with Crippen LogP contribution in [0.2, 0.25) is 0 Å². The third-order valence-electron chi connectivity index (χ3n) is 4.85. The van der Waals surface area contributed by atoms with E-state index in [1.165, 1.54) is 19.1 Å². The van der Waals surface area contributed by atoms with Crippen molar-refractivity contribution in [3.05, 3.63) is 47.5 Å². The zero-order valence-electron chi connectivity index (χ0n) is 14.8. The monoisotopic (exact) mass is 370 g/mol. The molecule has 2 aliphatic heterocycles. The van der Waals surface area contributed by atoms with Gasteiger partial charge in [0.25, 0.3) is 5.91 Å². The quantitative estimate of drug-likeness (QED) is 0.558. The summed E-state index contributed by atoms with van der Waals surface area (Å²) in [6.07, 6.45) is 0. The summed E-state index contributed by atoms with van der Waals surface area (Å²) in [7, 11) is 0. The summed E-state index contributed by atoms with van der Waals surface area (Å²) in [6, 6.07) is 7.77. The van der Waals surface area contributed by atoms with E-state index in [4.69, 9.17) is 4.74 Å². The number of fused-ring (bicyclic) bond motifs is 1. The van der Waals surface area contributed by atoms with E-state index in [9.17, 15) is 19.4 Å². The highest BCUT2D eigenvalue weighted by molar-refractivity contribution is 6.32. The molecule has 0 aromatic heterocycles. The van der Waals surface area contributed by atoms with Crippen molar-refractivity contribution in [3.63, 3.8) is 0 Å². The Bertz CT molecular complexity index is 961. The molecule has 7 heteroatoms. The van der Waals surface area contributed by atoms with Crippen LogP contribution in [0.5, 0.6) is 5.75 Å². The third kappa shape index (κ3) is 3.00. The Morgan fingerprint density at radius 1 is 1.19 bits per heavy atom. The number of phenols is 1. The maximum atomic E-state index is 14.7. The molecule has 1 amide bonds. The Hall–Kier alpha value is -3.06. The number of ether oxygens (including phenoxy) is 1. The van der Waals surface area contributed by atoms with Crippen LogP contribution in [0.3, 0.4) is 0 Å². The lowest BCUT2D eigenvalue weighted by molar-refractivity contribution is -0.110. The van der Waals surface area contributed by atoms with Gasteiger partial charge in [-0.05, 0) is 30.7 Å². The van der Waals surface area contributed by atoms with Crippen LogP contribution >= 0.6 is 0 Å². The van der Waals surface area contributed by atoms with E-state index in [2.05, 4.69) is 5.32 Å². The Morgan fingerprint density at radius 3 is 2.59 bits per heavy atom. The Morgan fingerprint density at radius 2 is 1.93 bits per heavy atom. The highest BCUT2D eigenvalue weighted by atomic mass is 19.1. The zero-order chi connectivity index (χ0) is 19.1. The predicted molar refractivity (Wildman–Crippen MR) is 100 cm³/mol. The van der Waals surface area contributed by atoms with Crippen LogP contribution in [-0.2, 0) is 9.53 Å². The van der Waals surface area contributed by atoms with Crippen LogP contribution in [0, 0.1) is 5.82 Å². The number of rotatable bonds is 2. The average Bonchev–Trinajstić information content (AvgIpc) is 2.96. The molecule has 6 nitrogen and oxygen atoms in total. The van der Waals surface area contributed by atoms with Crippen LogP contribution in [-0.4, -0.2) is 42.4 Å². The number of hydrogen-bond donors (Lipinski definition) is 3. The van der Waals surface area contributed by atoms with Crippen molar-refractivity contribution in [1.29, 1.82) is 0 Å². The fourth-order valence-electron chi connectivity index (χ4n) is 3.53. The van der Waals surface area contributed by atoms with Crippen LogP contribution in [0.25, 0.3) is 16.7 Å². The molecule has 2 heterocycles. The number of phenolic OH excluding ortho intramolecular Hbond substituents is 1. The Balaban J connectivity index is 1.75. The number of aliphatic hydroxyl groups is 1. The van der Waals surface area contributed by atoms with Crippen LogP contribution < -0.4 is 10.2 Å². The molecule has 0 radical (unpaired) electrons. The van der Waals surface area contributed by atoms with Gasteiger partial charge < -0.3 is 25.2 Å². The van der Waals surface area contributed by atoms with E-state index in [1.54, 1.807) is 18.2 Å². The van der Waals surface area contributed by atoms with Crippen LogP contribution in [0.15, 0.2) is 36.1 Å². The largest absolute Gasteiger partial charge is 0.512 e. The number of amides is 1. The summed E-state index contributed by atoms with van der Waals surface area (Å²) in [5.41, 5.74) is 2.40. The molecule has 1 saturated heterocycles. The molecule has 1 fully saturated rings. The fourth-order valence-corrected chi connectivity index (χ4v) is 3.53. The lowest BCUT2D eigenvalue weighted by Gasteiger charge is -2.29. The van der Waals surface area contributed by atoms with Crippen LogP contribution in [0.1, 0.15) is 12.5 Å². The molecule has 0 saturated carbocycles. The molecule has 140 valence electrons. The van der Waals surface area contributed by atoms with Gasteiger partial charge in [-0.3, -0.25) is 4.79 Å². The van der Waals surface area contributed by atoms with E-state index in [-0.39, 0.29) is 17.1 Å². The van der Waals surface area contributed by atoms with E-state index in [1.807, 2.05) is 4.90 Å². The summed E-state index contributed by atoms with van der Waals surface area (Å²) in [5, 5.41) is 22.8. The summed E-state index contributed by atoms with van der Waals surface area (Å²) < 4.78 is 20.0. The molecule has 2 aromatic rings. The van der Waals surface area contributed by atoms with Gasteiger partial charge in [0.05, 0.1) is 30.2 Å². The van der Waals surface area contributed by atoms with Crippen molar-refractivity contribution in [1.82, 2.24) is 0 Å². The summed E-state index contributed by atoms with van der Waals surface area (Å²) >= 11 is 0. The average molecular weight is 370 g/mol. The first-order valence-corrected chi connectivity index (χ1v) is 8.67. The standard InChI is InChI=1S/C20H19FN2O4/c1-11(24)19-14-9-13(18(25)10-16(14)22-20(19)26)12-2-3-17(15(21)8-12)23-4-6-27-7-5-23/h2-3,8-10,24-25H,4-7H2,1H3,(H,22,26)/b19-11+. The van der Waals surface area contributed by atoms with Crippen molar-refractivity contribution in [2.75, 3.05) is 36.5 Å². The van der Waals surface area contributed by atoms with Gasteiger partial charge >= 0.3 is 0 Å². The molecule has 27 heavy (non-hydrogen) atoms. The number of anilines is 2. The van der Waals surface area contributed by atoms with Crippen molar-refractivity contribution < 1.29 is 24.1 Å². The first-order chi connectivity index (χ1) is 13.0. The first-order valence-electron chi connectivity index (χ1n) is 8.67. The Kier molecular flexibility index (Phi) is 4.24. The molecule has 0 atom stereocenters. The maximum Gasteiger partial charge on any atom is 0.259 e. The highest BCUT2D eigenvalue weighted by Crippen LogP contribution is 2.42. The van der Waals surface area contributed by atoms with Gasteiger partial charge in [0.15, 0.2) is 0 Å². The number of carbonyl (C=O) groups excluding carboxylic acids is 1. The third-order valence-corrected chi connectivity index (χ3v) is 4.85. The van der Waals surface area contributed by atoms with Gasteiger partial charge in [0.1, 0.15) is 17.3 Å². The molecule has 0 aliphatic carbocycles. The molecular weight excluding hydrogens is 351 g/mol. The molecule has 3 N–H and O–H groups in total. The Labute approximate surface area is 155 Å². The van der Waals surface area contributed by atoms with Gasteiger partial charge in [0.2, 0.25) is 0 Å². The van der Waals surface area contributed by atoms with E-state index < -0.39 is 11.7 Å². The predicted octanol–water partition coefficient (Wildman–Crippen LogP) is 3.28. The first kappa shape index (κ1) is 17.4. The van der Waals surface area contributed by atoms with Crippen molar-refractivity contribution in [2.24, 2.45) is 0 Å². The number of benzene rings is 2. The number of nitrogens with zero attached hydrogens (tertiary/aromatic N) is 1. The normalized spacial score (nSPS) is 18.3. The SMILES string of the molecule is C/C(O)=C1\C(=O)Nc2cc(O)c(-c3ccc(N4CCOCC4)c(F)c3)cc21. The van der Waals surface area contributed by atoms with E-state index in [0.29, 0.717) is 54.4 Å². The van der Waals surface area contributed by atoms with Gasteiger partial charge in [-0.15, -0.1) is 0 Å². The number of allylic oxidation sites excluding steroid dienone is 1. The van der Waals surface area contributed by atoms with Gasteiger partial charge in [0, 0.05) is 30.3 Å². The molecular formula is C20H19FN2O4. The summed E-state index contributed by atoms with van der Waals surface area (Å²) in [4.78, 5) is 13.9. The van der Waals surface area contributed by atoms with Crippen molar-refractivity contribution in [3.8, 4) is 16.9 Å². The molecule has 2 aliphatic rings. The second-order valence-corrected chi connectivity index (χ2v) is 6.60. The second-order valence-electron chi connectivity index (χ2n) is 6.60. The number of halogens is 1. The molecule has 0 spiro atoms. The summed E-state index contributed by atoms with van der Waals surface area (Å²) in [6.45, 7) is 3.79. The van der Waals surface area contributed by atoms with Gasteiger partial charge in [-0.25, -0.2) is 4.39 Å². The van der Waals surface area contributed by atoms with Gasteiger partial charge in [-0.1, -0.05) is 6.07 Å². The minimum Gasteiger partial charge on any atom is -0.512 e. The topological polar surface area (TPSA) is 82.0 Å². The number of hydrogen-bond acceptors (Lipinski definition) is 5. The van der Waals surface area contributed by atoms with E-state index in [0.717, 1.165) is 0 Å². The smallest absolute Gasteiger partial charge is 0.259 e. The lowest BCUT2D eigenvalue weighted by Crippen LogP contribution is -2.36. The number of morpholine rings is 1. The summed E-state index contributed by atoms with van der Waals surface area (Å²) in [5.74, 6) is -1.02. The minimum atomic E-state index is -0.435. The molecule has 0 bridgehead atoms. The van der Waals surface area contributed by atoms with Gasteiger partial charge in [-0.2, -0.15) is 0 Å². The minimum absolute atomic E-state index is 0.0792. The number of aliphatic hydroxyl groups excluding tert-OH is 1. The fraction of sp³-hybridized carbons (Fsp3) is 0.250. The second kappa shape index (κ2) is 6.59. The molecule has 0 unspecified atom stereocenters. The van der Waals surface area contributed by atoms with E-state index >= 15 is 0 Å². The number of nitrogens with one attached hydrogen (secondary N) is 1. The highest BCUT2D eigenvalue weighted by Gasteiger charge is 2.28. The number of carbonyl (C=O) groups is 1. The molecule has 4 rings (SSSR count). The van der Waals surface area contributed by atoms with Crippen LogP contribution in [0.4, 0.5) is 15.8 Å². The zero-order valence-corrected chi connectivity index (χ0v) is 14.8. The number of aromatic hydroxyl groups is 1. The maximum absolute atomic E-state index is 14.7. The van der Waals surface area contributed by atoms with Crippen molar-refractivity contribution >= 4 is 22.9 Å². The molecule has 2 aromatic carbocycles. The lowest BCUT2D eigenvalue weighted by atomic mass is 9.97. The van der Waals surface area contributed by atoms with Crippen molar-refractivity contribution in [2.45, 2.75) is 6.92 Å².